The van der Waals surface area contributed by atoms with Crippen molar-refractivity contribution in [3.63, 3.8) is 0 Å². The van der Waals surface area contributed by atoms with Gasteiger partial charge in [-0.25, -0.2) is 0 Å². The number of benzene rings is 12. The molecule has 0 amide bonds. The zero-order chi connectivity index (χ0) is 41.5. The maximum Gasteiger partial charge on any atom is 0.0540 e. The fraction of sp³-hybridized carbons (Fsp3) is 0.0323. The molecule has 14 aromatic rings. The zero-order valence-corrected chi connectivity index (χ0v) is 35.0. The maximum atomic E-state index is 2.49. The quantitative estimate of drug-likeness (QED) is 0.124. The molecule has 0 radical (unpaired) electrons. The molecule has 0 atom stereocenters. The van der Waals surface area contributed by atoms with Crippen LogP contribution in [0.1, 0.15) is 11.1 Å². The van der Waals surface area contributed by atoms with Crippen LogP contribution in [0.15, 0.2) is 200 Å². The van der Waals surface area contributed by atoms with Gasteiger partial charge in [0.05, 0.1) is 5.69 Å². The number of para-hydroxylation sites is 2. The molecular formula is C62H39N. The van der Waals surface area contributed by atoms with Crippen molar-refractivity contribution in [1.82, 2.24) is 0 Å². The number of aryl methyl sites for hydroxylation is 2. The van der Waals surface area contributed by atoms with Crippen molar-refractivity contribution in [3.05, 3.63) is 211 Å². The highest BCUT2D eigenvalue weighted by Crippen LogP contribution is 2.58. The summed E-state index contributed by atoms with van der Waals surface area (Å²) in [4.78, 5) is 2.49. The molecule has 14 rings (SSSR count). The Kier molecular flexibility index (Phi) is 7.03. The average molecular weight is 798 g/mol. The third-order valence-electron chi connectivity index (χ3n) is 14.3. The molecule has 0 aliphatic carbocycles. The van der Waals surface area contributed by atoms with Gasteiger partial charge in [0, 0.05) is 16.8 Å². The van der Waals surface area contributed by atoms with Gasteiger partial charge in [-0.1, -0.05) is 182 Å². The predicted molar refractivity (Wildman–Crippen MR) is 273 cm³/mol. The molecule has 0 saturated carbocycles. The molecule has 0 heterocycles. The number of hydrogen-bond acceptors (Lipinski definition) is 1. The van der Waals surface area contributed by atoms with Crippen molar-refractivity contribution >= 4 is 114 Å². The molecule has 0 fully saturated rings. The van der Waals surface area contributed by atoms with Crippen LogP contribution >= 0.6 is 0 Å². The van der Waals surface area contributed by atoms with E-state index in [1.807, 2.05) is 0 Å². The Morgan fingerprint density at radius 2 is 0.619 bits per heavy atom. The summed E-state index contributed by atoms with van der Waals surface area (Å²) in [6.45, 7) is 4.45. The van der Waals surface area contributed by atoms with E-state index in [4.69, 9.17) is 0 Å². The molecule has 0 aliphatic rings. The molecule has 0 N–H and O–H groups in total. The summed E-state index contributed by atoms with van der Waals surface area (Å²) in [5.41, 5.74) is 11.1. The van der Waals surface area contributed by atoms with Gasteiger partial charge in [-0.3, -0.25) is 0 Å². The van der Waals surface area contributed by atoms with Crippen molar-refractivity contribution in [2.75, 3.05) is 4.90 Å². The van der Waals surface area contributed by atoms with Crippen molar-refractivity contribution in [2.24, 2.45) is 0 Å². The van der Waals surface area contributed by atoms with Gasteiger partial charge < -0.3 is 4.90 Å². The lowest BCUT2D eigenvalue weighted by Crippen LogP contribution is -2.13. The van der Waals surface area contributed by atoms with Crippen molar-refractivity contribution in [3.8, 4) is 22.3 Å². The standard InChI is InChI=1S/C62H39N/c1-36-16-9-11-28-50(36)63(51-29-12-10-17-37(51)2)52-35-34-47-56-45(52)26-15-27-46(56)59-54(39-18-5-3-6-19-39)61-48-32-30-43-41-24-13-22-38-23-14-25-42(53(38)41)44-31-33-49(58(48)57(43)44)62(61)55(60(47)59)40-20-7-4-8-21-40/h3-35H,1-2H3. The van der Waals surface area contributed by atoms with Crippen molar-refractivity contribution in [1.29, 1.82) is 0 Å². The minimum atomic E-state index is 1.18. The van der Waals surface area contributed by atoms with E-state index in [9.17, 15) is 0 Å². The molecule has 292 valence electrons. The first-order chi connectivity index (χ1) is 31.2. The number of nitrogens with zero attached hydrogens (tertiary/aromatic N) is 1. The Balaban J connectivity index is 1.22. The van der Waals surface area contributed by atoms with Gasteiger partial charge in [0.25, 0.3) is 0 Å². The van der Waals surface area contributed by atoms with E-state index in [2.05, 4.69) is 219 Å². The fourth-order valence-corrected chi connectivity index (χ4v) is 11.8. The summed E-state index contributed by atoms with van der Waals surface area (Å²) in [6, 6.07) is 75.2. The van der Waals surface area contributed by atoms with Crippen LogP contribution in [-0.4, -0.2) is 0 Å². The summed E-state index contributed by atoms with van der Waals surface area (Å²) < 4.78 is 0. The Morgan fingerprint density at radius 3 is 1.16 bits per heavy atom. The number of rotatable bonds is 5. The van der Waals surface area contributed by atoms with Crippen LogP contribution < -0.4 is 4.90 Å². The summed E-state index contributed by atoms with van der Waals surface area (Å²) in [6.07, 6.45) is 0. The fourth-order valence-electron chi connectivity index (χ4n) is 11.8. The normalized spacial score (nSPS) is 12.3. The molecule has 0 aromatic heterocycles. The first kappa shape index (κ1) is 34.7. The Morgan fingerprint density at radius 1 is 0.238 bits per heavy atom. The lowest BCUT2D eigenvalue weighted by Gasteiger charge is -2.29. The first-order valence-corrected chi connectivity index (χ1v) is 22.1. The zero-order valence-electron chi connectivity index (χ0n) is 35.0. The molecule has 0 spiro atoms. The van der Waals surface area contributed by atoms with Crippen LogP contribution in [0, 0.1) is 13.8 Å². The van der Waals surface area contributed by atoms with Crippen LogP contribution in [0.3, 0.4) is 0 Å². The van der Waals surface area contributed by atoms with Gasteiger partial charge >= 0.3 is 0 Å². The predicted octanol–water partition coefficient (Wildman–Crippen LogP) is 17.8. The molecular weight excluding hydrogens is 759 g/mol. The molecule has 63 heavy (non-hydrogen) atoms. The molecule has 1 nitrogen and oxygen atoms in total. The topological polar surface area (TPSA) is 3.24 Å². The highest BCUT2D eigenvalue weighted by molar-refractivity contribution is 6.49. The number of hydrogen-bond donors (Lipinski definition) is 0. The minimum absolute atomic E-state index is 1.18. The molecule has 0 aliphatic heterocycles. The molecule has 0 saturated heterocycles. The molecule has 0 bridgehead atoms. The monoisotopic (exact) mass is 797 g/mol. The first-order valence-electron chi connectivity index (χ1n) is 22.1. The lowest BCUT2D eigenvalue weighted by molar-refractivity contribution is 1.24. The van der Waals surface area contributed by atoms with Crippen molar-refractivity contribution in [2.45, 2.75) is 13.8 Å². The van der Waals surface area contributed by atoms with E-state index in [1.54, 1.807) is 0 Å². The molecule has 0 unspecified atom stereocenters. The summed E-state index contributed by atoms with van der Waals surface area (Å²) in [7, 11) is 0. The SMILES string of the molecule is Cc1ccccc1N(c1ccccc1C)c1ccc2c3c(-c4ccccc4)c4c5ccc6c7cccc8cccc(c9ccc(c4c(-c4ccccc4)c3c3cccc1c32)c5c96)c87. The Labute approximate surface area is 364 Å². The summed E-state index contributed by atoms with van der Waals surface area (Å²) in [5.74, 6) is 0. The van der Waals surface area contributed by atoms with E-state index >= 15 is 0 Å². The van der Waals surface area contributed by atoms with Gasteiger partial charge in [-0.2, -0.15) is 0 Å². The van der Waals surface area contributed by atoms with Crippen molar-refractivity contribution < 1.29 is 0 Å². The summed E-state index contributed by atoms with van der Waals surface area (Å²) in [5, 5.41) is 23.8. The van der Waals surface area contributed by atoms with Gasteiger partial charge in [-0.15, -0.1) is 0 Å². The second kappa shape index (κ2) is 12.8. The smallest absolute Gasteiger partial charge is 0.0540 e. The maximum absolute atomic E-state index is 2.49. The van der Waals surface area contributed by atoms with Crippen LogP contribution in [0.5, 0.6) is 0 Å². The third-order valence-corrected chi connectivity index (χ3v) is 14.3. The van der Waals surface area contributed by atoms with Gasteiger partial charge in [0.2, 0.25) is 0 Å². The van der Waals surface area contributed by atoms with E-state index in [1.165, 1.54) is 147 Å². The van der Waals surface area contributed by atoms with E-state index in [0.29, 0.717) is 0 Å². The third kappa shape index (κ3) is 4.56. The molecule has 14 aromatic carbocycles. The van der Waals surface area contributed by atoms with Crippen LogP contribution in [0.4, 0.5) is 17.1 Å². The van der Waals surface area contributed by atoms with E-state index in [-0.39, 0.29) is 0 Å². The summed E-state index contributed by atoms with van der Waals surface area (Å²) >= 11 is 0. The van der Waals surface area contributed by atoms with Crippen LogP contribution in [0.25, 0.3) is 119 Å². The second-order valence-electron chi connectivity index (χ2n) is 17.5. The highest BCUT2D eigenvalue weighted by atomic mass is 15.1. The van der Waals surface area contributed by atoms with Crippen LogP contribution in [0.2, 0.25) is 0 Å². The Bertz CT molecular complexity index is 3920. The van der Waals surface area contributed by atoms with Gasteiger partial charge in [0.1, 0.15) is 0 Å². The van der Waals surface area contributed by atoms with E-state index < -0.39 is 0 Å². The van der Waals surface area contributed by atoms with Gasteiger partial charge in [0.15, 0.2) is 0 Å². The Hall–Kier alpha value is -8.00. The highest BCUT2D eigenvalue weighted by Gasteiger charge is 2.30. The molecule has 1 heteroatoms. The number of anilines is 3. The second-order valence-corrected chi connectivity index (χ2v) is 17.5. The van der Waals surface area contributed by atoms with E-state index in [0.717, 1.165) is 0 Å². The minimum Gasteiger partial charge on any atom is -0.309 e. The average Bonchev–Trinajstić information content (AvgIpc) is 3.85. The number of fused-ring (bicyclic) bond motifs is 8. The lowest BCUT2D eigenvalue weighted by atomic mass is 9.87. The van der Waals surface area contributed by atoms with Crippen LogP contribution in [-0.2, 0) is 0 Å². The van der Waals surface area contributed by atoms with Gasteiger partial charge in [-0.05, 0) is 157 Å². The largest absolute Gasteiger partial charge is 0.309 e.